The van der Waals surface area contributed by atoms with Gasteiger partial charge in [0.25, 0.3) is 0 Å². The summed E-state index contributed by atoms with van der Waals surface area (Å²) in [5.74, 6) is -1.20. The van der Waals surface area contributed by atoms with Crippen molar-refractivity contribution in [2.75, 3.05) is 6.61 Å². The smallest absolute Gasteiger partial charge is 0.338 e. The van der Waals surface area contributed by atoms with E-state index in [1.54, 1.807) is 60.7 Å². The third-order valence-corrected chi connectivity index (χ3v) is 4.18. The van der Waals surface area contributed by atoms with Crippen LogP contribution in [0.15, 0.2) is 60.7 Å². The normalized spacial score (nSPS) is 24.8. The number of hydrogen-bond acceptors (Lipinski definition) is 7. The molecule has 1 aliphatic rings. The quantitative estimate of drug-likeness (QED) is 0.768. The van der Waals surface area contributed by atoms with Crippen molar-refractivity contribution in [2.45, 2.75) is 31.0 Å². The van der Waals surface area contributed by atoms with E-state index in [2.05, 4.69) is 0 Å². The van der Waals surface area contributed by atoms with E-state index in [1.165, 1.54) is 0 Å². The first-order valence-corrected chi connectivity index (χ1v) is 8.54. The highest BCUT2D eigenvalue weighted by atomic mass is 16.6. The molecule has 2 aromatic carbocycles. The van der Waals surface area contributed by atoms with E-state index in [0.29, 0.717) is 11.1 Å². The van der Waals surface area contributed by atoms with Gasteiger partial charge in [-0.05, 0) is 24.3 Å². The molecule has 0 aromatic heterocycles. The van der Waals surface area contributed by atoms with Gasteiger partial charge in [-0.1, -0.05) is 36.4 Å². The third kappa shape index (κ3) is 4.91. The molecule has 7 nitrogen and oxygen atoms in total. The maximum absolute atomic E-state index is 12.2. The number of aliphatic hydroxyl groups excluding tert-OH is 2. The fourth-order valence-electron chi connectivity index (χ4n) is 2.77. The number of esters is 2. The largest absolute Gasteiger partial charge is 0.459 e. The molecule has 0 aliphatic carbocycles. The van der Waals surface area contributed by atoms with E-state index in [1.807, 2.05) is 0 Å². The summed E-state index contributed by atoms with van der Waals surface area (Å²) in [5.41, 5.74) is 0.688. The summed E-state index contributed by atoms with van der Waals surface area (Å²) in [7, 11) is 0. The molecule has 142 valence electrons. The van der Waals surface area contributed by atoms with Gasteiger partial charge in [-0.3, -0.25) is 0 Å². The molecular weight excluding hydrogens is 352 g/mol. The average Bonchev–Trinajstić information content (AvgIpc) is 2.70. The van der Waals surface area contributed by atoms with E-state index in [0.717, 1.165) is 0 Å². The molecule has 27 heavy (non-hydrogen) atoms. The van der Waals surface area contributed by atoms with Gasteiger partial charge in [-0.2, -0.15) is 0 Å². The second kappa shape index (κ2) is 8.77. The van der Waals surface area contributed by atoms with Crippen LogP contribution in [-0.4, -0.2) is 53.4 Å². The van der Waals surface area contributed by atoms with E-state index >= 15 is 0 Å². The third-order valence-electron chi connectivity index (χ3n) is 4.18. The van der Waals surface area contributed by atoms with Crippen LogP contribution < -0.4 is 0 Å². The van der Waals surface area contributed by atoms with Crippen LogP contribution in [0.25, 0.3) is 0 Å². The number of carbonyl (C=O) groups excluding carboxylic acids is 2. The standard InChI is InChI=1S/C20H20O7/c21-17-11-15(27-20(24)14-9-5-2-6-10-14)18(22)16(26-17)12-25-19(23)13-7-3-1-4-8-13/h1-10,15-18,21-22H,11-12H2/t15-,16-,17-,18-/m1/s1. The SMILES string of the molecule is O=C(OC[C@H]1O[C@@H](O)C[C@@H](OC(=O)c2ccccc2)[C@H]1O)c1ccccc1. The van der Waals surface area contributed by atoms with Gasteiger partial charge in [0.1, 0.15) is 24.9 Å². The second-order valence-corrected chi connectivity index (χ2v) is 6.13. The zero-order chi connectivity index (χ0) is 19.2. The molecule has 1 fully saturated rings. The highest BCUT2D eigenvalue weighted by molar-refractivity contribution is 5.89. The Kier molecular flexibility index (Phi) is 6.18. The Morgan fingerprint density at radius 1 is 0.926 bits per heavy atom. The maximum atomic E-state index is 12.2. The minimum atomic E-state index is -1.25. The first kappa shape index (κ1) is 19.0. The molecule has 0 saturated carbocycles. The summed E-state index contributed by atoms with van der Waals surface area (Å²) in [5, 5.41) is 20.3. The van der Waals surface area contributed by atoms with Gasteiger partial charge in [-0.15, -0.1) is 0 Å². The summed E-state index contributed by atoms with van der Waals surface area (Å²) in [4.78, 5) is 24.2. The predicted octanol–water partition coefficient (Wildman–Crippen LogP) is 1.54. The van der Waals surface area contributed by atoms with Gasteiger partial charge < -0.3 is 24.4 Å². The second-order valence-electron chi connectivity index (χ2n) is 6.13. The Bertz CT molecular complexity index is 762. The van der Waals surface area contributed by atoms with Crippen LogP contribution in [0.2, 0.25) is 0 Å². The maximum Gasteiger partial charge on any atom is 0.338 e. The molecule has 0 unspecified atom stereocenters. The number of aliphatic hydroxyl groups is 2. The fourth-order valence-corrected chi connectivity index (χ4v) is 2.77. The van der Waals surface area contributed by atoms with Crippen molar-refractivity contribution in [1.82, 2.24) is 0 Å². The van der Waals surface area contributed by atoms with E-state index in [9.17, 15) is 19.8 Å². The monoisotopic (exact) mass is 372 g/mol. The molecule has 0 radical (unpaired) electrons. The Balaban J connectivity index is 1.59. The summed E-state index contributed by atoms with van der Waals surface area (Å²) >= 11 is 0. The fraction of sp³-hybridized carbons (Fsp3) is 0.300. The van der Waals surface area contributed by atoms with Crippen molar-refractivity contribution < 1.29 is 34.0 Å². The predicted molar refractivity (Wildman–Crippen MR) is 93.9 cm³/mol. The lowest BCUT2D eigenvalue weighted by Crippen LogP contribution is -2.52. The molecule has 0 bridgehead atoms. The summed E-state index contributed by atoms with van der Waals surface area (Å²) in [6.45, 7) is -0.286. The van der Waals surface area contributed by atoms with Crippen molar-refractivity contribution >= 4 is 11.9 Å². The van der Waals surface area contributed by atoms with E-state index in [-0.39, 0.29) is 13.0 Å². The van der Waals surface area contributed by atoms with Crippen molar-refractivity contribution in [3.05, 3.63) is 71.8 Å². The molecule has 0 spiro atoms. The van der Waals surface area contributed by atoms with Crippen LogP contribution in [0.5, 0.6) is 0 Å². The molecule has 4 atom stereocenters. The number of hydrogen-bond donors (Lipinski definition) is 2. The molecule has 2 N–H and O–H groups in total. The zero-order valence-electron chi connectivity index (χ0n) is 14.4. The molecule has 2 aromatic rings. The van der Waals surface area contributed by atoms with Crippen molar-refractivity contribution in [3.63, 3.8) is 0 Å². The lowest BCUT2D eigenvalue weighted by molar-refractivity contribution is -0.239. The van der Waals surface area contributed by atoms with Gasteiger partial charge in [-0.25, -0.2) is 9.59 Å². The Morgan fingerprint density at radius 2 is 1.48 bits per heavy atom. The van der Waals surface area contributed by atoms with E-state index < -0.39 is 36.5 Å². The summed E-state index contributed by atoms with van der Waals surface area (Å²) in [6, 6.07) is 16.7. The molecule has 1 heterocycles. The Morgan fingerprint density at radius 3 is 2.07 bits per heavy atom. The minimum absolute atomic E-state index is 0.0805. The number of rotatable bonds is 5. The lowest BCUT2D eigenvalue weighted by Gasteiger charge is -2.36. The van der Waals surface area contributed by atoms with Crippen LogP contribution in [0.3, 0.4) is 0 Å². The van der Waals surface area contributed by atoms with Crippen LogP contribution in [0.4, 0.5) is 0 Å². The summed E-state index contributed by atoms with van der Waals surface area (Å²) in [6.07, 6.45) is -4.58. The number of benzene rings is 2. The van der Waals surface area contributed by atoms with Crippen molar-refractivity contribution in [3.8, 4) is 0 Å². The summed E-state index contributed by atoms with van der Waals surface area (Å²) < 4.78 is 15.7. The molecule has 7 heteroatoms. The molecule has 0 amide bonds. The van der Waals surface area contributed by atoms with Crippen LogP contribution in [0.1, 0.15) is 27.1 Å². The van der Waals surface area contributed by atoms with Crippen molar-refractivity contribution in [1.29, 1.82) is 0 Å². The molecule has 1 saturated heterocycles. The lowest BCUT2D eigenvalue weighted by atomic mass is 10.0. The molecular formula is C20H20O7. The van der Waals surface area contributed by atoms with Gasteiger partial charge in [0, 0.05) is 6.42 Å². The number of ether oxygens (including phenoxy) is 3. The minimum Gasteiger partial charge on any atom is -0.459 e. The van der Waals surface area contributed by atoms with Gasteiger partial charge in [0.2, 0.25) is 0 Å². The number of carbonyl (C=O) groups is 2. The highest BCUT2D eigenvalue weighted by Gasteiger charge is 2.40. The van der Waals surface area contributed by atoms with Crippen LogP contribution in [0, 0.1) is 0 Å². The first-order valence-electron chi connectivity index (χ1n) is 8.54. The zero-order valence-corrected chi connectivity index (χ0v) is 14.4. The van der Waals surface area contributed by atoms with Gasteiger partial charge in [0.05, 0.1) is 11.1 Å². The topological polar surface area (TPSA) is 102 Å². The van der Waals surface area contributed by atoms with Crippen molar-refractivity contribution in [2.24, 2.45) is 0 Å². The van der Waals surface area contributed by atoms with Crippen LogP contribution >= 0.6 is 0 Å². The Hall–Kier alpha value is -2.74. The highest BCUT2D eigenvalue weighted by Crippen LogP contribution is 2.23. The molecule has 3 rings (SSSR count). The average molecular weight is 372 g/mol. The molecule has 1 aliphatic heterocycles. The van der Waals surface area contributed by atoms with E-state index in [4.69, 9.17) is 14.2 Å². The Labute approximate surface area is 156 Å². The van der Waals surface area contributed by atoms with Gasteiger partial charge >= 0.3 is 11.9 Å². The van der Waals surface area contributed by atoms with Crippen LogP contribution in [-0.2, 0) is 14.2 Å². The first-order chi connectivity index (χ1) is 13.0. The van der Waals surface area contributed by atoms with Gasteiger partial charge in [0.15, 0.2) is 6.29 Å².